The number of hydrogen-bond acceptors (Lipinski definition) is 4. The Kier molecular flexibility index (Phi) is 7.96. The van der Waals surface area contributed by atoms with E-state index in [0.717, 1.165) is 42.6 Å². The Morgan fingerprint density at radius 3 is 2.38 bits per heavy atom. The Bertz CT molecular complexity index is 1050. The zero-order chi connectivity index (χ0) is 23.3. The van der Waals surface area contributed by atoms with Gasteiger partial charge in [0.25, 0.3) is 0 Å². The van der Waals surface area contributed by atoms with Crippen LogP contribution in [0.4, 0.5) is 5.69 Å². The summed E-state index contributed by atoms with van der Waals surface area (Å²) in [6.45, 7) is 9.10. The highest BCUT2D eigenvalue weighted by Crippen LogP contribution is 2.27. The van der Waals surface area contributed by atoms with Crippen molar-refractivity contribution in [2.75, 3.05) is 23.7 Å². The number of anilines is 1. The van der Waals surface area contributed by atoms with Gasteiger partial charge in [0.15, 0.2) is 0 Å². The quantitative estimate of drug-likeness (QED) is 0.623. The molecule has 0 aliphatic carbocycles. The molecule has 0 saturated carbocycles. The minimum Gasteiger partial charge on any atom is -0.350 e. The molecule has 0 aromatic heterocycles. The zero-order valence-corrected chi connectivity index (χ0v) is 20.4. The Balaban J connectivity index is 1.80. The molecule has 1 fully saturated rings. The summed E-state index contributed by atoms with van der Waals surface area (Å²) < 4.78 is 26.8. The normalized spacial score (nSPS) is 15.5. The van der Waals surface area contributed by atoms with Crippen LogP contribution >= 0.6 is 0 Å². The van der Waals surface area contributed by atoms with Gasteiger partial charge in [-0.15, -0.1) is 0 Å². The first-order chi connectivity index (χ1) is 15.2. The number of nitrogens with zero attached hydrogens (tertiary/aromatic N) is 2. The molecule has 6 nitrogen and oxygen atoms in total. The van der Waals surface area contributed by atoms with Crippen LogP contribution in [0.2, 0.25) is 0 Å². The third-order valence-electron chi connectivity index (χ3n) is 6.10. The molecule has 1 N–H and O–H groups in total. The fraction of sp³-hybridized carbons (Fsp3) is 0.480. The highest BCUT2D eigenvalue weighted by molar-refractivity contribution is 7.92. The third-order valence-corrected chi connectivity index (χ3v) is 7.26. The number of benzene rings is 2. The molecular formula is C25H35N3O3S. The number of hydrogen-bond donors (Lipinski definition) is 1. The molecule has 7 heteroatoms. The number of carbonyl (C=O) groups is 1. The topological polar surface area (TPSA) is 69.7 Å². The number of nitrogens with one attached hydrogen (secondary N) is 1. The van der Waals surface area contributed by atoms with E-state index >= 15 is 0 Å². The molecule has 2 aromatic carbocycles. The van der Waals surface area contributed by atoms with Gasteiger partial charge in [0.2, 0.25) is 15.9 Å². The highest BCUT2D eigenvalue weighted by Gasteiger charge is 2.32. The maximum absolute atomic E-state index is 13.2. The van der Waals surface area contributed by atoms with E-state index in [1.165, 1.54) is 22.7 Å². The van der Waals surface area contributed by atoms with Crippen molar-refractivity contribution in [1.29, 1.82) is 0 Å². The Hall–Kier alpha value is -2.38. The molecule has 1 heterocycles. The predicted octanol–water partition coefficient (Wildman–Crippen LogP) is 3.76. The van der Waals surface area contributed by atoms with Crippen LogP contribution < -0.4 is 9.62 Å². The molecule has 3 rings (SSSR count). The van der Waals surface area contributed by atoms with E-state index < -0.39 is 16.1 Å². The molecule has 1 atom stereocenters. The molecule has 1 amide bonds. The maximum Gasteiger partial charge on any atom is 0.244 e. The van der Waals surface area contributed by atoms with Crippen molar-refractivity contribution in [3.8, 4) is 0 Å². The zero-order valence-electron chi connectivity index (χ0n) is 19.6. The van der Waals surface area contributed by atoms with Gasteiger partial charge >= 0.3 is 0 Å². The molecule has 0 spiro atoms. The van der Waals surface area contributed by atoms with E-state index in [1.807, 2.05) is 57.2 Å². The lowest BCUT2D eigenvalue weighted by molar-refractivity contribution is -0.122. The fourth-order valence-electron chi connectivity index (χ4n) is 4.36. The second-order valence-corrected chi connectivity index (χ2v) is 10.6. The summed E-state index contributed by atoms with van der Waals surface area (Å²) in [6.07, 6.45) is 4.01. The lowest BCUT2D eigenvalue weighted by atomic mass is 10.1. The molecule has 174 valence electrons. The first-order valence-electron chi connectivity index (χ1n) is 11.3. The molecule has 32 heavy (non-hydrogen) atoms. The molecule has 1 aliphatic rings. The maximum atomic E-state index is 13.2. The standard InChI is InChI=1S/C25H35N3O3S/c1-5-23(28(32(4,30)31)24-16-19(2)12-13-20(24)3)25(29)26-17-21-10-6-7-11-22(21)18-27-14-8-9-15-27/h6-7,10-13,16,23H,5,8-9,14-15,17-18H2,1-4H3,(H,26,29). The smallest absolute Gasteiger partial charge is 0.244 e. The number of sulfonamides is 1. The molecule has 0 bridgehead atoms. The Morgan fingerprint density at radius 2 is 1.75 bits per heavy atom. The fourth-order valence-corrected chi connectivity index (χ4v) is 5.62. The van der Waals surface area contributed by atoms with Crippen LogP contribution in [-0.4, -0.2) is 44.6 Å². The average Bonchev–Trinajstić information content (AvgIpc) is 3.25. The van der Waals surface area contributed by atoms with Gasteiger partial charge in [0, 0.05) is 13.1 Å². The minimum atomic E-state index is -3.65. The predicted molar refractivity (Wildman–Crippen MR) is 130 cm³/mol. The summed E-state index contributed by atoms with van der Waals surface area (Å²) in [4.78, 5) is 15.7. The SMILES string of the molecule is CCC(C(=O)NCc1ccccc1CN1CCCC1)N(c1cc(C)ccc1C)S(C)(=O)=O. The number of likely N-dealkylation sites (tertiary alicyclic amines) is 1. The molecular weight excluding hydrogens is 422 g/mol. The summed E-state index contributed by atoms with van der Waals surface area (Å²) in [5.74, 6) is -0.283. The minimum absolute atomic E-state index is 0.283. The van der Waals surface area contributed by atoms with Crippen LogP contribution in [0.15, 0.2) is 42.5 Å². The average molecular weight is 458 g/mol. The lowest BCUT2D eigenvalue weighted by Crippen LogP contribution is -2.49. The van der Waals surface area contributed by atoms with Crippen molar-refractivity contribution in [2.24, 2.45) is 0 Å². The van der Waals surface area contributed by atoms with E-state index in [9.17, 15) is 13.2 Å². The van der Waals surface area contributed by atoms with E-state index in [1.54, 1.807) is 0 Å². The van der Waals surface area contributed by atoms with Crippen molar-refractivity contribution >= 4 is 21.6 Å². The number of aryl methyl sites for hydroxylation is 2. The van der Waals surface area contributed by atoms with Crippen molar-refractivity contribution in [3.05, 3.63) is 64.7 Å². The first-order valence-corrected chi connectivity index (χ1v) is 13.2. The first kappa shape index (κ1) is 24.3. The second kappa shape index (κ2) is 10.5. The van der Waals surface area contributed by atoms with E-state index in [4.69, 9.17) is 0 Å². The van der Waals surface area contributed by atoms with Gasteiger partial charge in [-0.1, -0.05) is 43.3 Å². The molecule has 2 aromatic rings. The van der Waals surface area contributed by atoms with Crippen LogP contribution in [-0.2, 0) is 27.9 Å². The van der Waals surface area contributed by atoms with Crippen molar-refractivity contribution in [3.63, 3.8) is 0 Å². The van der Waals surface area contributed by atoms with E-state index in [0.29, 0.717) is 18.7 Å². The van der Waals surface area contributed by atoms with Gasteiger partial charge in [0.05, 0.1) is 11.9 Å². The van der Waals surface area contributed by atoms with Crippen LogP contribution in [0, 0.1) is 13.8 Å². The number of carbonyl (C=O) groups excluding carboxylic acids is 1. The lowest BCUT2D eigenvalue weighted by Gasteiger charge is -2.31. The van der Waals surface area contributed by atoms with Gasteiger partial charge in [-0.2, -0.15) is 0 Å². The monoisotopic (exact) mass is 457 g/mol. The van der Waals surface area contributed by atoms with Gasteiger partial charge in [-0.25, -0.2) is 8.42 Å². The van der Waals surface area contributed by atoms with Crippen LogP contribution in [0.1, 0.15) is 48.4 Å². The summed E-state index contributed by atoms with van der Waals surface area (Å²) in [6, 6.07) is 13.0. The van der Waals surface area contributed by atoms with Crippen LogP contribution in [0.3, 0.4) is 0 Å². The molecule has 1 saturated heterocycles. The van der Waals surface area contributed by atoms with E-state index in [-0.39, 0.29) is 5.91 Å². The van der Waals surface area contributed by atoms with Gasteiger partial charge in [0.1, 0.15) is 6.04 Å². The van der Waals surface area contributed by atoms with Crippen molar-refractivity contribution < 1.29 is 13.2 Å². The van der Waals surface area contributed by atoms with Crippen LogP contribution in [0.25, 0.3) is 0 Å². The Labute approximate surface area is 192 Å². The number of amides is 1. The van der Waals surface area contributed by atoms with Crippen molar-refractivity contribution in [1.82, 2.24) is 10.2 Å². The van der Waals surface area contributed by atoms with Gasteiger partial charge in [-0.3, -0.25) is 14.0 Å². The summed E-state index contributed by atoms with van der Waals surface area (Å²) in [5, 5.41) is 3.01. The number of rotatable bonds is 9. The summed E-state index contributed by atoms with van der Waals surface area (Å²) in [7, 11) is -3.65. The largest absolute Gasteiger partial charge is 0.350 e. The van der Waals surface area contributed by atoms with Crippen molar-refractivity contribution in [2.45, 2.75) is 59.2 Å². The second-order valence-electron chi connectivity index (χ2n) is 8.74. The van der Waals surface area contributed by atoms with Gasteiger partial charge in [-0.05, 0) is 74.5 Å². The summed E-state index contributed by atoms with van der Waals surface area (Å²) >= 11 is 0. The highest BCUT2D eigenvalue weighted by atomic mass is 32.2. The van der Waals surface area contributed by atoms with Crippen LogP contribution in [0.5, 0.6) is 0 Å². The summed E-state index contributed by atoms with van der Waals surface area (Å²) in [5.41, 5.74) is 4.61. The molecule has 1 unspecified atom stereocenters. The Morgan fingerprint density at radius 1 is 1.09 bits per heavy atom. The van der Waals surface area contributed by atoms with Gasteiger partial charge < -0.3 is 5.32 Å². The third kappa shape index (κ3) is 5.90. The molecule has 1 aliphatic heterocycles. The van der Waals surface area contributed by atoms with E-state index in [2.05, 4.69) is 16.3 Å². The molecule has 0 radical (unpaired) electrons.